The van der Waals surface area contributed by atoms with Crippen LogP contribution >= 0.6 is 0 Å². The number of hydrogen-bond acceptors (Lipinski definition) is 2. The SMILES string of the molecule is CCC(C)Cn1c(C(C)C)nc2c(C(=O)O)cccc21. The average molecular weight is 274 g/mol. The summed E-state index contributed by atoms with van der Waals surface area (Å²) in [6, 6.07) is 5.38. The van der Waals surface area contributed by atoms with Gasteiger partial charge in [0, 0.05) is 12.5 Å². The van der Waals surface area contributed by atoms with Gasteiger partial charge in [-0.3, -0.25) is 0 Å². The van der Waals surface area contributed by atoms with Crippen LogP contribution < -0.4 is 0 Å². The van der Waals surface area contributed by atoms with Gasteiger partial charge in [0.2, 0.25) is 0 Å². The van der Waals surface area contributed by atoms with Gasteiger partial charge in [-0.2, -0.15) is 0 Å². The summed E-state index contributed by atoms with van der Waals surface area (Å²) in [5.41, 5.74) is 1.81. The van der Waals surface area contributed by atoms with Gasteiger partial charge in [0.15, 0.2) is 0 Å². The number of rotatable bonds is 5. The Hall–Kier alpha value is -1.84. The van der Waals surface area contributed by atoms with Crippen molar-refractivity contribution in [3.8, 4) is 0 Å². The predicted molar refractivity (Wildman–Crippen MR) is 80.2 cm³/mol. The van der Waals surface area contributed by atoms with E-state index in [4.69, 9.17) is 0 Å². The van der Waals surface area contributed by atoms with E-state index in [1.54, 1.807) is 12.1 Å². The highest BCUT2D eigenvalue weighted by Crippen LogP contribution is 2.26. The van der Waals surface area contributed by atoms with Crippen molar-refractivity contribution in [1.29, 1.82) is 0 Å². The van der Waals surface area contributed by atoms with E-state index >= 15 is 0 Å². The fourth-order valence-corrected chi connectivity index (χ4v) is 2.41. The van der Waals surface area contributed by atoms with Crippen molar-refractivity contribution in [2.75, 3.05) is 0 Å². The molecule has 4 heteroatoms. The molecule has 0 bridgehead atoms. The summed E-state index contributed by atoms with van der Waals surface area (Å²) in [6.07, 6.45) is 1.09. The normalized spacial score (nSPS) is 13.1. The lowest BCUT2D eigenvalue weighted by atomic mass is 10.1. The average Bonchev–Trinajstić information content (AvgIpc) is 2.77. The quantitative estimate of drug-likeness (QED) is 0.899. The molecule has 2 aromatic rings. The molecular formula is C16H22N2O2. The van der Waals surface area contributed by atoms with Crippen LogP contribution in [-0.2, 0) is 6.54 Å². The summed E-state index contributed by atoms with van der Waals surface area (Å²) in [6.45, 7) is 9.44. The summed E-state index contributed by atoms with van der Waals surface area (Å²) in [7, 11) is 0. The summed E-state index contributed by atoms with van der Waals surface area (Å²) in [5.74, 6) is 0.861. The van der Waals surface area contributed by atoms with Crippen LogP contribution in [0.3, 0.4) is 0 Å². The first-order valence-electron chi connectivity index (χ1n) is 7.18. The van der Waals surface area contributed by atoms with Crippen molar-refractivity contribution in [3.05, 3.63) is 29.6 Å². The molecule has 2 rings (SSSR count). The van der Waals surface area contributed by atoms with Gasteiger partial charge in [-0.05, 0) is 18.1 Å². The number of benzene rings is 1. The summed E-state index contributed by atoms with van der Waals surface area (Å²) < 4.78 is 2.18. The molecule has 1 atom stereocenters. The fourth-order valence-electron chi connectivity index (χ4n) is 2.41. The lowest BCUT2D eigenvalue weighted by Gasteiger charge is -2.15. The topological polar surface area (TPSA) is 55.1 Å². The van der Waals surface area contributed by atoms with Crippen molar-refractivity contribution in [3.63, 3.8) is 0 Å². The fraction of sp³-hybridized carbons (Fsp3) is 0.500. The van der Waals surface area contributed by atoms with Crippen LogP contribution in [0.15, 0.2) is 18.2 Å². The van der Waals surface area contributed by atoms with Gasteiger partial charge in [-0.25, -0.2) is 9.78 Å². The van der Waals surface area contributed by atoms with E-state index in [1.165, 1.54) is 0 Å². The zero-order valence-electron chi connectivity index (χ0n) is 12.6. The molecular weight excluding hydrogens is 252 g/mol. The number of carboxylic acid groups (broad SMARTS) is 1. The van der Waals surface area contributed by atoms with Crippen LogP contribution in [0.2, 0.25) is 0 Å². The van der Waals surface area contributed by atoms with Crippen LogP contribution in [0.4, 0.5) is 0 Å². The number of carbonyl (C=O) groups is 1. The Morgan fingerprint density at radius 1 is 1.35 bits per heavy atom. The maximum atomic E-state index is 11.3. The van der Waals surface area contributed by atoms with Crippen molar-refractivity contribution in [2.45, 2.75) is 46.6 Å². The number of carboxylic acids is 1. The molecule has 1 N–H and O–H groups in total. The first-order chi connectivity index (χ1) is 9.45. The molecule has 0 fully saturated rings. The standard InChI is InChI=1S/C16H22N2O2/c1-5-11(4)9-18-13-8-6-7-12(16(19)20)14(13)17-15(18)10(2)3/h6-8,10-11H,5,9H2,1-4H3,(H,19,20). The molecule has 4 nitrogen and oxygen atoms in total. The molecule has 0 aliphatic heterocycles. The largest absolute Gasteiger partial charge is 0.478 e. The highest BCUT2D eigenvalue weighted by atomic mass is 16.4. The number of para-hydroxylation sites is 1. The summed E-state index contributed by atoms with van der Waals surface area (Å²) in [4.78, 5) is 15.9. The van der Waals surface area contributed by atoms with Crippen molar-refractivity contribution < 1.29 is 9.90 Å². The van der Waals surface area contributed by atoms with E-state index in [-0.39, 0.29) is 11.5 Å². The van der Waals surface area contributed by atoms with Crippen LogP contribution in [0.25, 0.3) is 11.0 Å². The van der Waals surface area contributed by atoms with Gasteiger partial charge in [-0.1, -0.05) is 40.2 Å². The molecule has 0 aliphatic carbocycles. The van der Waals surface area contributed by atoms with E-state index in [1.807, 2.05) is 6.07 Å². The molecule has 1 aromatic heterocycles. The first-order valence-corrected chi connectivity index (χ1v) is 7.18. The molecule has 0 aliphatic rings. The number of aromatic carboxylic acids is 1. The second kappa shape index (κ2) is 5.65. The highest BCUT2D eigenvalue weighted by molar-refractivity contribution is 6.01. The molecule has 20 heavy (non-hydrogen) atoms. The minimum Gasteiger partial charge on any atom is -0.478 e. The molecule has 0 spiro atoms. The maximum Gasteiger partial charge on any atom is 0.337 e. The Morgan fingerprint density at radius 2 is 2.05 bits per heavy atom. The van der Waals surface area contributed by atoms with Gasteiger partial charge in [0.25, 0.3) is 0 Å². The van der Waals surface area contributed by atoms with Gasteiger partial charge < -0.3 is 9.67 Å². The van der Waals surface area contributed by atoms with Gasteiger partial charge >= 0.3 is 5.97 Å². The molecule has 0 amide bonds. The molecule has 1 heterocycles. The second-order valence-electron chi connectivity index (χ2n) is 5.73. The molecule has 1 unspecified atom stereocenters. The lowest BCUT2D eigenvalue weighted by molar-refractivity contribution is 0.0699. The zero-order chi connectivity index (χ0) is 14.9. The third-order valence-corrected chi connectivity index (χ3v) is 3.75. The number of aromatic nitrogens is 2. The maximum absolute atomic E-state index is 11.3. The Bertz CT molecular complexity index is 629. The number of fused-ring (bicyclic) bond motifs is 1. The van der Waals surface area contributed by atoms with E-state index in [9.17, 15) is 9.90 Å². The Balaban J connectivity index is 2.67. The number of nitrogens with zero attached hydrogens (tertiary/aromatic N) is 2. The number of hydrogen-bond donors (Lipinski definition) is 1. The molecule has 1 aromatic carbocycles. The zero-order valence-corrected chi connectivity index (χ0v) is 12.6. The molecule has 108 valence electrons. The second-order valence-corrected chi connectivity index (χ2v) is 5.73. The van der Waals surface area contributed by atoms with Crippen LogP contribution in [0, 0.1) is 5.92 Å². The van der Waals surface area contributed by atoms with E-state index in [2.05, 4.69) is 37.2 Å². The third-order valence-electron chi connectivity index (χ3n) is 3.75. The van der Waals surface area contributed by atoms with Gasteiger partial charge in [-0.15, -0.1) is 0 Å². The van der Waals surface area contributed by atoms with Gasteiger partial charge in [0.05, 0.1) is 11.1 Å². The Morgan fingerprint density at radius 3 is 2.60 bits per heavy atom. The Labute approximate surface area is 119 Å². The first kappa shape index (κ1) is 14.6. The van der Waals surface area contributed by atoms with E-state index < -0.39 is 5.97 Å². The monoisotopic (exact) mass is 274 g/mol. The molecule has 0 radical (unpaired) electrons. The minimum absolute atomic E-state index is 0.271. The summed E-state index contributed by atoms with van der Waals surface area (Å²) >= 11 is 0. The van der Waals surface area contributed by atoms with Crippen molar-refractivity contribution >= 4 is 17.0 Å². The Kier molecular flexibility index (Phi) is 4.12. The third kappa shape index (κ3) is 2.55. The predicted octanol–water partition coefficient (Wildman–Crippen LogP) is 3.90. The minimum atomic E-state index is -0.918. The highest BCUT2D eigenvalue weighted by Gasteiger charge is 2.19. The van der Waals surface area contributed by atoms with Crippen LogP contribution in [0.1, 0.15) is 56.2 Å². The molecule has 0 saturated carbocycles. The van der Waals surface area contributed by atoms with Crippen molar-refractivity contribution in [2.24, 2.45) is 5.92 Å². The van der Waals surface area contributed by atoms with Crippen LogP contribution in [0.5, 0.6) is 0 Å². The lowest BCUT2D eigenvalue weighted by Crippen LogP contribution is -2.11. The summed E-state index contributed by atoms with van der Waals surface area (Å²) in [5, 5.41) is 9.30. The smallest absolute Gasteiger partial charge is 0.337 e. The van der Waals surface area contributed by atoms with Crippen molar-refractivity contribution in [1.82, 2.24) is 9.55 Å². The van der Waals surface area contributed by atoms with Crippen LogP contribution in [-0.4, -0.2) is 20.6 Å². The van der Waals surface area contributed by atoms with E-state index in [0.717, 1.165) is 24.3 Å². The van der Waals surface area contributed by atoms with E-state index in [0.29, 0.717) is 11.4 Å². The molecule has 0 saturated heterocycles. The van der Waals surface area contributed by atoms with Gasteiger partial charge in [0.1, 0.15) is 11.3 Å². The number of imidazole rings is 1.